The van der Waals surface area contributed by atoms with Gasteiger partial charge in [0.25, 0.3) is 0 Å². The van der Waals surface area contributed by atoms with Gasteiger partial charge in [-0.1, -0.05) is 40.2 Å². The largest absolute Gasteiger partial charge is 0.489 e. The van der Waals surface area contributed by atoms with Crippen molar-refractivity contribution in [1.82, 2.24) is 0 Å². The second-order valence-corrected chi connectivity index (χ2v) is 7.92. The maximum absolute atomic E-state index is 14.3. The molecule has 0 aromatic heterocycles. The van der Waals surface area contributed by atoms with Crippen LogP contribution in [-0.4, -0.2) is 20.3 Å². The molecule has 3 nitrogen and oxygen atoms in total. The lowest BCUT2D eigenvalue weighted by Gasteiger charge is -2.36. The van der Waals surface area contributed by atoms with E-state index in [2.05, 4.69) is 34.1 Å². The SMILES string of the molecule is COC1(c2cc(F)cc(OCc3ccc4c(Br)cccc4c3)c2)CCOCC1. The van der Waals surface area contributed by atoms with Gasteiger partial charge in [-0.05, 0) is 46.2 Å². The van der Waals surface area contributed by atoms with Crippen molar-refractivity contribution in [1.29, 1.82) is 0 Å². The minimum absolute atomic E-state index is 0.321. The monoisotopic (exact) mass is 444 g/mol. The number of halogens is 2. The zero-order chi connectivity index (χ0) is 19.6. The van der Waals surface area contributed by atoms with Gasteiger partial charge in [0.2, 0.25) is 0 Å². The maximum Gasteiger partial charge on any atom is 0.127 e. The number of hydrogen-bond donors (Lipinski definition) is 0. The molecule has 0 saturated carbocycles. The lowest BCUT2D eigenvalue weighted by Crippen LogP contribution is -2.35. The number of rotatable bonds is 5. The van der Waals surface area contributed by atoms with Crippen molar-refractivity contribution in [3.05, 3.63) is 76.0 Å². The average molecular weight is 445 g/mol. The standard InChI is InChI=1S/C23H22BrFO3/c1-26-23(7-9-27-10-8-23)18-12-19(25)14-20(13-18)28-15-16-5-6-21-17(11-16)3-2-4-22(21)24/h2-6,11-14H,7-10,15H2,1H3. The lowest BCUT2D eigenvalue weighted by molar-refractivity contribution is -0.0950. The number of ether oxygens (including phenoxy) is 3. The van der Waals surface area contributed by atoms with E-state index in [4.69, 9.17) is 14.2 Å². The van der Waals surface area contributed by atoms with Crippen LogP contribution in [0.15, 0.2) is 59.1 Å². The highest BCUT2D eigenvalue weighted by atomic mass is 79.9. The summed E-state index contributed by atoms with van der Waals surface area (Å²) in [5, 5.41) is 2.29. The van der Waals surface area contributed by atoms with Gasteiger partial charge in [-0.2, -0.15) is 0 Å². The van der Waals surface area contributed by atoms with Crippen molar-refractivity contribution in [2.24, 2.45) is 0 Å². The van der Waals surface area contributed by atoms with Crippen molar-refractivity contribution >= 4 is 26.7 Å². The number of benzene rings is 3. The molecule has 28 heavy (non-hydrogen) atoms. The van der Waals surface area contributed by atoms with Crippen LogP contribution >= 0.6 is 15.9 Å². The van der Waals surface area contributed by atoms with E-state index in [0.717, 1.165) is 26.4 Å². The normalized spacial score (nSPS) is 16.2. The van der Waals surface area contributed by atoms with E-state index in [0.29, 0.717) is 38.4 Å². The van der Waals surface area contributed by atoms with E-state index in [1.165, 1.54) is 12.1 Å². The molecule has 146 valence electrons. The lowest BCUT2D eigenvalue weighted by atomic mass is 9.86. The van der Waals surface area contributed by atoms with Crippen molar-refractivity contribution in [2.45, 2.75) is 25.0 Å². The Balaban J connectivity index is 1.56. The van der Waals surface area contributed by atoms with Crippen LogP contribution in [0.2, 0.25) is 0 Å². The van der Waals surface area contributed by atoms with Crippen molar-refractivity contribution in [2.75, 3.05) is 20.3 Å². The van der Waals surface area contributed by atoms with Gasteiger partial charge in [0.1, 0.15) is 18.2 Å². The summed E-state index contributed by atoms with van der Waals surface area (Å²) < 4.78 is 32.5. The highest BCUT2D eigenvalue weighted by molar-refractivity contribution is 9.10. The maximum atomic E-state index is 14.3. The Bertz CT molecular complexity index is 983. The molecule has 0 radical (unpaired) electrons. The molecule has 0 aliphatic carbocycles. The van der Waals surface area contributed by atoms with Crippen LogP contribution < -0.4 is 4.74 Å². The summed E-state index contributed by atoms with van der Waals surface area (Å²) in [6.07, 6.45) is 1.40. The predicted molar refractivity (Wildman–Crippen MR) is 111 cm³/mol. The van der Waals surface area contributed by atoms with Crippen LogP contribution in [0.5, 0.6) is 5.75 Å². The first-order valence-electron chi connectivity index (χ1n) is 9.34. The van der Waals surface area contributed by atoms with Gasteiger partial charge in [0.15, 0.2) is 0 Å². The molecule has 1 aliphatic rings. The highest BCUT2D eigenvalue weighted by Gasteiger charge is 2.35. The Hall–Kier alpha value is -1.95. The summed E-state index contributed by atoms with van der Waals surface area (Å²) in [5.41, 5.74) is 1.31. The molecule has 5 heteroatoms. The van der Waals surface area contributed by atoms with Gasteiger partial charge in [-0.15, -0.1) is 0 Å². The summed E-state index contributed by atoms with van der Waals surface area (Å²) >= 11 is 3.57. The molecule has 0 unspecified atom stereocenters. The fourth-order valence-corrected chi connectivity index (χ4v) is 4.28. The van der Waals surface area contributed by atoms with Crippen LogP contribution in [0.25, 0.3) is 10.8 Å². The Morgan fingerprint density at radius 2 is 1.89 bits per heavy atom. The van der Waals surface area contributed by atoms with Crippen LogP contribution in [0, 0.1) is 5.82 Å². The fourth-order valence-electron chi connectivity index (χ4n) is 3.77. The van der Waals surface area contributed by atoms with E-state index in [9.17, 15) is 4.39 Å². The number of methoxy groups -OCH3 is 1. The molecule has 0 spiro atoms. The Morgan fingerprint density at radius 3 is 2.68 bits per heavy atom. The minimum Gasteiger partial charge on any atom is -0.489 e. The van der Waals surface area contributed by atoms with Crippen molar-refractivity contribution in [3.63, 3.8) is 0 Å². The third-order valence-electron chi connectivity index (χ3n) is 5.39. The Labute approximate surface area is 172 Å². The molecule has 0 N–H and O–H groups in total. The minimum atomic E-state index is -0.520. The van der Waals surface area contributed by atoms with E-state index >= 15 is 0 Å². The zero-order valence-electron chi connectivity index (χ0n) is 15.7. The third kappa shape index (κ3) is 3.93. The smallest absolute Gasteiger partial charge is 0.127 e. The van der Waals surface area contributed by atoms with Gasteiger partial charge in [-0.25, -0.2) is 4.39 Å². The van der Waals surface area contributed by atoms with Crippen molar-refractivity contribution in [3.8, 4) is 5.75 Å². The second-order valence-electron chi connectivity index (χ2n) is 7.07. The highest BCUT2D eigenvalue weighted by Crippen LogP contribution is 2.37. The van der Waals surface area contributed by atoms with E-state index in [-0.39, 0.29) is 5.82 Å². The number of hydrogen-bond acceptors (Lipinski definition) is 3. The Kier molecular flexibility index (Phi) is 5.67. The second kappa shape index (κ2) is 8.19. The van der Waals surface area contributed by atoms with E-state index < -0.39 is 5.60 Å². The third-order valence-corrected chi connectivity index (χ3v) is 6.08. The molecular formula is C23H22BrFO3. The quantitative estimate of drug-likeness (QED) is 0.484. The van der Waals surface area contributed by atoms with Crippen LogP contribution in [0.4, 0.5) is 4.39 Å². The summed E-state index contributed by atoms with van der Waals surface area (Å²) in [5.74, 6) is 0.185. The van der Waals surface area contributed by atoms with Crippen molar-refractivity contribution < 1.29 is 18.6 Å². The number of fused-ring (bicyclic) bond motifs is 1. The van der Waals surface area contributed by atoms with Gasteiger partial charge in [-0.3, -0.25) is 0 Å². The average Bonchev–Trinajstić information content (AvgIpc) is 2.72. The zero-order valence-corrected chi connectivity index (χ0v) is 17.3. The topological polar surface area (TPSA) is 27.7 Å². The first kappa shape index (κ1) is 19.4. The molecule has 3 aromatic rings. The van der Waals surface area contributed by atoms with E-state index in [1.54, 1.807) is 7.11 Å². The predicted octanol–water partition coefficient (Wildman–Crippen LogP) is 5.97. The summed E-state index contributed by atoms with van der Waals surface area (Å²) in [7, 11) is 1.67. The summed E-state index contributed by atoms with van der Waals surface area (Å²) in [6.45, 7) is 1.58. The van der Waals surface area contributed by atoms with Gasteiger partial charge >= 0.3 is 0 Å². The van der Waals surface area contributed by atoms with E-state index in [1.807, 2.05) is 24.3 Å². The molecule has 4 rings (SSSR count). The molecule has 1 aliphatic heterocycles. The molecule has 1 fully saturated rings. The molecule has 0 amide bonds. The first-order valence-corrected chi connectivity index (χ1v) is 10.1. The van der Waals surface area contributed by atoms with Gasteiger partial charge < -0.3 is 14.2 Å². The molecule has 0 bridgehead atoms. The Morgan fingerprint density at radius 1 is 1.07 bits per heavy atom. The van der Waals surface area contributed by atoms with Crippen LogP contribution in [0.3, 0.4) is 0 Å². The summed E-state index contributed by atoms with van der Waals surface area (Å²) in [6, 6.07) is 17.1. The fraction of sp³-hybridized carbons (Fsp3) is 0.304. The van der Waals surface area contributed by atoms with Gasteiger partial charge in [0.05, 0.1) is 5.60 Å². The molecular weight excluding hydrogens is 423 g/mol. The molecule has 1 heterocycles. The first-order chi connectivity index (χ1) is 13.6. The molecule has 0 atom stereocenters. The molecule has 1 saturated heterocycles. The summed E-state index contributed by atoms with van der Waals surface area (Å²) in [4.78, 5) is 0. The van der Waals surface area contributed by atoms with Crippen LogP contribution in [-0.2, 0) is 21.7 Å². The van der Waals surface area contributed by atoms with Gasteiger partial charge in [0, 0.05) is 43.7 Å². The molecule has 3 aromatic carbocycles. The van der Waals surface area contributed by atoms with Crippen LogP contribution in [0.1, 0.15) is 24.0 Å².